The van der Waals surface area contributed by atoms with Gasteiger partial charge in [0.15, 0.2) is 0 Å². The number of hydrogen-bond acceptors (Lipinski definition) is 3. The summed E-state index contributed by atoms with van der Waals surface area (Å²) in [6.45, 7) is 6.07. The van der Waals surface area contributed by atoms with Crippen LogP contribution in [0.3, 0.4) is 0 Å². The van der Waals surface area contributed by atoms with Crippen LogP contribution in [0.25, 0.3) is 10.8 Å². The van der Waals surface area contributed by atoms with Gasteiger partial charge in [0, 0.05) is 10.8 Å². The van der Waals surface area contributed by atoms with Gasteiger partial charge in [-0.2, -0.15) is 5.11 Å². The average Bonchev–Trinajstić information content (AvgIpc) is 2.45. The lowest BCUT2D eigenvalue weighted by Crippen LogP contribution is -1.80. The fraction of sp³-hybridized carbons (Fsp3) is 0.158. The van der Waals surface area contributed by atoms with Gasteiger partial charge < -0.3 is 5.11 Å². The van der Waals surface area contributed by atoms with Crippen LogP contribution >= 0.6 is 0 Å². The molecule has 0 radical (unpaired) electrons. The Labute approximate surface area is 130 Å². The van der Waals surface area contributed by atoms with Crippen molar-refractivity contribution in [2.75, 3.05) is 0 Å². The van der Waals surface area contributed by atoms with E-state index in [1.807, 2.05) is 51.1 Å². The lowest BCUT2D eigenvalue weighted by Gasteiger charge is -2.06. The van der Waals surface area contributed by atoms with Gasteiger partial charge in [-0.1, -0.05) is 24.3 Å². The first kappa shape index (κ1) is 14.3. The molecule has 3 aromatic carbocycles. The highest BCUT2D eigenvalue weighted by Gasteiger charge is 2.07. The maximum atomic E-state index is 10.1. The molecule has 0 atom stereocenters. The van der Waals surface area contributed by atoms with Gasteiger partial charge in [0.25, 0.3) is 0 Å². The first-order chi connectivity index (χ1) is 10.5. The molecule has 3 aromatic rings. The van der Waals surface area contributed by atoms with E-state index in [9.17, 15) is 5.11 Å². The molecule has 0 bridgehead atoms. The van der Waals surface area contributed by atoms with E-state index < -0.39 is 0 Å². The molecule has 3 rings (SSSR count). The molecule has 0 aromatic heterocycles. The van der Waals surface area contributed by atoms with Crippen LogP contribution < -0.4 is 0 Å². The molecule has 0 aliphatic heterocycles. The molecule has 0 saturated carbocycles. The summed E-state index contributed by atoms with van der Waals surface area (Å²) in [6, 6.07) is 15.5. The number of benzene rings is 3. The van der Waals surface area contributed by atoms with Crippen molar-refractivity contribution < 1.29 is 5.11 Å². The molecule has 22 heavy (non-hydrogen) atoms. The summed E-state index contributed by atoms with van der Waals surface area (Å²) in [4.78, 5) is 0. The second kappa shape index (κ2) is 5.60. The van der Waals surface area contributed by atoms with E-state index in [-0.39, 0.29) is 5.75 Å². The van der Waals surface area contributed by atoms with Crippen molar-refractivity contribution in [1.82, 2.24) is 0 Å². The molecular weight excluding hydrogens is 272 g/mol. The van der Waals surface area contributed by atoms with Crippen molar-refractivity contribution in [1.29, 1.82) is 0 Å². The zero-order chi connectivity index (χ0) is 15.7. The normalized spacial score (nSPS) is 11.4. The number of rotatable bonds is 2. The number of fused-ring (bicyclic) bond motifs is 1. The monoisotopic (exact) mass is 290 g/mol. The SMILES string of the molecule is Cc1cc(C)cc(N=Nc2ccc(O)c3c(C)cccc23)c1. The van der Waals surface area contributed by atoms with Crippen LogP contribution in [0.2, 0.25) is 0 Å². The van der Waals surface area contributed by atoms with Crippen molar-refractivity contribution in [3.63, 3.8) is 0 Å². The van der Waals surface area contributed by atoms with Crippen LogP contribution in [0, 0.1) is 20.8 Å². The van der Waals surface area contributed by atoms with Gasteiger partial charge in [-0.05, 0) is 61.7 Å². The van der Waals surface area contributed by atoms with Crippen LogP contribution in [-0.2, 0) is 0 Å². The summed E-state index contributed by atoms with van der Waals surface area (Å²) in [5.74, 6) is 0.276. The summed E-state index contributed by atoms with van der Waals surface area (Å²) in [5.41, 5.74) is 4.96. The molecular formula is C19H18N2O. The van der Waals surface area contributed by atoms with E-state index in [1.165, 1.54) is 11.1 Å². The molecule has 1 N–H and O–H groups in total. The van der Waals surface area contributed by atoms with Gasteiger partial charge in [-0.25, -0.2) is 0 Å². The molecule has 0 saturated heterocycles. The highest BCUT2D eigenvalue weighted by molar-refractivity contribution is 5.98. The van der Waals surface area contributed by atoms with E-state index in [0.29, 0.717) is 0 Å². The Balaban J connectivity index is 2.09. The van der Waals surface area contributed by atoms with Crippen LogP contribution in [0.1, 0.15) is 16.7 Å². The van der Waals surface area contributed by atoms with Gasteiger partial charge in [-0.3, -0.25) is 0 Å². The fourth-order valence-corrected chi connectivity index (χ4v) is 2.76. The highest BCUT2D eigenvalue weighted by atomic mass is 16.3. The molecule has 3 heteroatoms. The molecule has 0 spiro atoms. The van der Waals surface area contributed by atoms with Gasteiger partial charge in [0.05, 0.1) is 11.4 Å². The van der Waals surface area contributed by atoms with Crippen LogP contribution in [-0.4, -0.2) is 5.11 Å². The molecule has 0 aliphatic rings. The summed E-state index contributed by atoms with van der Waals surface area (Å²) in [7, 11) is 0. The minimum atomic E-state index is 0.276. The summed E-state index contributed by atoms with van der Waals surface area (Å²) < 4.78 is 0. The Bertz CT molecular complexity index is 853. The molecule has 3 nitrogen and oxygen atoms in total. The highest BCUT2D eigenvalue weighted by Crippen LogP contribution is 2.35. The number of hydrogen-bond donors (Lipinski definition) is 1. The Hall–Kier alpha value is -2.68. The summed E-state index contributed by atoms with van der Waals surface area (Å²) >= 11 is 0. The molecule has 0 aliphatic carbocycles. The number of azo groups is 1. The van der Waals surface area contributed by atoms with E-state index in [1.54, 1.807) is 12.1 Å². The molecule has 0 heterocycles. The molecule has 0 unspecified atom stereocenters. The largest absolute Gasteiger partial charge is 0.507 e. The van der Waals surface area contributed by atoms with Crippen molar-refractivity contribution in [2.24, 2.45) is 10.2 Å². The first-order valence-corrected chi connectivity index (χ1v) is 7.26. The zero-order valence-corrected chi connectivity index (χ0v) is 13.0. The molecule has 0 amide bonds. The number of nitrogens with zero attached hydrogens (tertiary/aromatic N) is 2. The number of aryl methyl sites for hydroxylation is 3. The predicted octanol–water partition coefficient (Wildman–Crippen LogP) is 5.89. The van der Waals surface area contributed by atoms with Crippen molar-refractivity contribution >= 4 is 22.1 Å². The van der Waals surface area contributed by atoms with Crippen LogP contribution in [0.4, 0.5) is 11.4 Å². The zero-order valence-electron chi connectivity index (χ0n) is 13.0. The summed E-state index contributed by atoms with van der Waals surface area (Å²) in [6.07, 6.45) is 0. The number of phenolic OH excluding ortho intramolecular Hbond substituents is 1. The van der Waals surface area contributed by atoms with Gasteiger partial charge >= 0.3 is 0 Å². The Morgan fingerprint density at radius 2 is 1.55 bits per heavy atom. The van der Waals surface area contributed by atoms with Crippen molar-refractivity contribution in [3.8, 4) is 5.75 Å². The molecule has 0 fully saturated rings. The van der Waals surface area contributed by atoms with Gasteiger partial charge in [0.1, 0.15) is 5.75 Å². The Morgan fingerprint density at radius 3 is 2.27 bits per heavy atom. The maximum absolute atomic E-state index is 10.1. The standard InChI is InChI=1S/C19H18N2O/c1-12-9-13(2)11-15(10-12)20-21-17-7-8-18(22)19-14(3)5-4-6-16(17)19/h4-11,22H,1-3H3. The quantitative estimate of drug-likeness (QED) is 0.588. The minimum Gasteiger partial charge on any atom is -0.507 e. The van der Waals surface area contributed by atoms with E-state index in [4.69, 9.17) is 0 Å². The third kappa shape index (κ3) is 2.70. The lowest BCUT2D eigenvalue weighted by molar-refractivity contribution is 0.481. The minimum absolute atomic E-state index is 0.276. The van der Waals surface area contributed by atoms with Crippen molar-refractivity contribution in [2.45, 2.75) is 20.8 Å². The predicted molar refractivity (Wildman–Crippen MR) is 90.4 cm³/mol. The lowest BCUT2D eigenvalue weighted by atomic mass is 10.0. The van der Waals surface area contributed by atoms with Gasteiger partial charge in [-0.15, -0.1) is 5.11 Å². The van der Waals surface area contributed by atoms with Crippen molar-refractivity contribution in [3.05, 3.63) is 65.2 Å². The van der Waals surface area contributed by atoms with E-state index in [0.717, 1.165) is 27.7 Å². The maximum Gasteiger partial charge on any atom is 0.123 e. The van der Waals surface area contributed by atoms with Gasteiger partial charge in [0.2, 0.25) is 0 Å². The Kier molecular flexibility index (Phi) is 3.63. The number of phenols is 1. The first-order valence-electron chi connectivity index (χ1n) is 7.26. The number of aromatic hydroxyl groups is 1. The van der Waals surface area contributed by atoms with E-state index in [2.05, 4.69) is 16.3 Å². The third-order valence-corrected chi connectivity index (χ3v) is 3.68. The topological polar surface area (TPSA) is 45.0 Å². The van der Waals surface area contributed by atoms with Crippen LogP contribution in [0.15, 0.2) is 58.8 Å². The summed E-state index contributed by atoms with van der Waals surface area (Å²) in [5, 5.41) is 20.5. The second-order valence-corrected chi connectivity index (χ2v) is 5.65. The fourth-order valence-electron chi connectivity index (χ4n) is 2.76. The smallest absolute Gasteiger partial charge is 0.123 e. The molecule has 110 valence electrons. The Morgan fingerprint density at radius 1 is 0.818 bits per heavy atom. The average molecular weight is 290 g/mol. The second-order valence-electron chi connectivity index (χ2n) is 5.65. The third-order valence-electron chi connectivity index (χ3n) is 3.68. The van der Waals surface area contributed by atoms with Crippen LogP contribution in [0.5, 0.6) is 5.75 Å². The van der Waals surface area contributed by atoms with E-state index >= 15 is 0 Å².